The van der Waals surface area contributed by atoms with Gasteiger partial charge in [-0.2, -0.15) is 0 Å². The van der Waals surface area contributed by atoms with Gasteiger partial charge in [0.2, 0.25) is 0 Å². The molecule has 1 atom stereocenters. The predicted octanol–water partition coefficient (Wildman–Crippen LogP) is 2.19. The number of hydrogen-bond donors (Lipinski definition) is 1. The summed E-state index contributed by atoms with van der Waals surface area (Å²) in [6.07, 6.45) is -0.458. The molecule has 0 aliphatic carbocycles. The van der Waals surface area contributed by atoms with Crippen LogP contribution in [0.3, 0.4) is 0 Å². The van der Waals surface area contributed by atoms with E-state index >= 15 is 0 Å². The van der Waals surface area contributed by atoms with Crippen LogP contribution in [0.15, 0.2) is 24.3 Å². The van der Waals surface area contributed by atoms with E-state index in [-0.39, 0.29) is 5.91 Å². The van der Waals surface area contributed by atoms with Crippen molar-refractivity contribution in [2.75, 3.05) is 6.54 Å². The smallest absolute Gasteiger partial charge is 0.260 e. The maximum Gasteiger partial charge on any atom is 0.260 e. The zero-order chi connectivity index (χ0) is 11.3. The molecule has 1 amide bonds. The van der Waals surface area contributed by atoms with Crippen LogP contribution in [0.25, 0.3) is 0 Å². The van der Waals surface area contributed by atoms with Crippen molar-refractivity contribution in [2.45, 2.75) is 20.0 Å². The van der Waals surface area contributed by atoms with Crippen molar-refractivity contribution < 1.29 is 9.53 Å². The molecule has 0 aliphatic rings. The summed E-state index contributed by atoms with van der Waals surface area (Å²) in [4.78, 5) is 11.4. The quantitative estimate of drug-likeness (QED) is 0.864. The number of nitrogens with one attached hydrogen (secondary N) is 1. The molecular formula is C11H14INO2. The highest BCUT2D eigenvalue weighted by atomic mass is 127. The van der Waals surface area contributed by atoms with E-state index in [0.717, 1.165) is 9.32 Å². The molecule has 0 saturated carbocycles. The highest BCUT2D eigenvalue weighted by Crippen LogP contribution is 2.20. The van der Waals surface area contributed by atoms with Gasteiger partial charge in [-0.3, -0.25) is 4.79 Å². The van der Waals surface area contributed by atoms with Crippen LogP contribution < -0.4 is 10.1 Å². The summed E-state index contributed by atoms with van der Waals surface area (Å²) in [6.45, 7) is 4.25. The minimum Gasteiger partial charge on any atom is -0.480 e. The second-order valence-corrected chi connectivity index (χ2v) is 4.25. The predicted molar refractivity (Wildman–Crippen MR) is 67.9 cm³/mol. The lowest BCUT2D eigenvalue weighted by molar-refractivity contribution is -0.127. The summed E-state index contributed by atoms with van der Waals surface area (Å²) in [6, 6.07) is 7.63. The van der Waals surface area contributed by atoms with Gasteiger partial charge in [-0.1, -0.05) is 12.1 Å². The summed E-state index contributed by atoms with van der Waals surface area (Å²) >= 11 is 2.18. The number of likely N-dealkylation sites (N-methyl/N-ethyl adjacent to an activating group) is 1. The van der Waals surface area contributed by atoms with Crippen molar-refractivity contribution in [3.63, 3.8) is 0 Å². The van der Waals surface area contributed by atoms with E-state index in [4.69, 9.17) is 4.74 Å². The number of carbonyl (C=O) groups is 1. The Labute approximate surface area is 103 Å². The summed E-state index contributed by atoms with van der Waals surface area (Å²) in [7, 11) is 0. The Bertz CT molecular complexity index is 341. The Balaban J connectivity index is 2.62. The molecule has 1 aromatic rings. The Morgan fingerprint density at radius 2 is 2.20 bits per heavy atom. The van der Waals surface area contributed by atoms with Gasteiger partial charge in [0.1, 0.15) is 5.75 Å². The van der Waals surface area contributed by atoms with Gasteiger partial charge in [-0.25, -0.2) is 0 Å². The first-order valence-corrected chi connectivity index (χ1v) is 5.92. The summed E-state index contributed by atoms with van der Waals surface area (Å²) in [5, 5.41) is 2.72. The third-order valence-corrected chi connectivity index (χ3v) is 2.75. The van der Waals surface area contributed by atoms with Crippen LogP contribution in [-0.4, -0.2) is 18.6 Å². The van der Waals surface area contributed by atoms with Crippen LogP contribution in [0.4, 0.5) is 0 Å². The van der Waals surface area contributed by atoms with Crippen molar-refractivity contribution in [1.82, 2.24) is 5.32 Å². The summed E-state index contributed by atoms with van der Waals surface area (Å²) < 4.78 is 6.55. The largest absolute Gasteiger partial charge is 0.480 e. The molecule has 0 radical (unpaired) electrons. The average Bonchev–Trinajstić information content (AvgIpc) is 2.21. The average molecular weight is 319 g/mol. The SMILES string of the molecule is CCNC(=O)C(C)Oc1ccccc1I. The molecule has 0 saturated heterocycles. The Morgan fingerprint density at radius 1 is 1.53 bits per heavy atom. The fourth-order valence-corrected chi connectivity index (χ4v) is 1.62. The molecule has 0 fully saturated rings. The normalized spacial score (nSPS) is 11.9. The number of ether oxygens (including phenoxy) is 1. The van der Waals surface area contributed by atoms with Gasteiger partial charge in [-0.05, 0) is 48.6 Å². The lowest BCUT2D eigenvalue weighted by Crippen LogP contribution is -2.36. The van der Waals surface area contributed by atoms with Crippen molar-refractivity contribution in [3.8, 4) is 5.75 Å². The van der Waals surface area contributed by atoms with Crippen LogP contribution in [0.1, 0.15) is 13.8 Å². The first-order chi connectivity index (χ1) is 7.15. The van der Waals surface area contributed by atoms with Gasteiger partial charge < -0.3 is 10.1 Å². The molecule has 0 heterocycles. The maximum atomic E-state index is 11.4. The van der Waals surface area contributed by atoms with E-state index in [9.17, 15) is 4.79 Å². The number of hydrogen-bond acceptors (Lipinski definition) is 2. The topological polar surface area (TPSA) is 38.3 Å². The van der Waals surface area contributed by atoms with E-state index in [1.807, 2.05) is 31.2 Å². The second kappa shape index (κ2) is 5.95. The molecule has 1 unspecified atom stereocenters. The number of halogens is 1. The van der Waals surface area contributed by atoms with Crippen LogP contribution >= 0.6 is 22.6 Å². The first-order valence-electron chi connectivity index (χ1n) is 4.84. The number of benzene rings is 1. The summed E-state index contributed by atoms with van der Waals surface area (Å²) in [5.41, 5.74) is 0. The lowest BCUT2D eigenvalue weighted by Gasteiger charge is -2.14. The van der Waals surface area contributed by atoms with Crippen LogP contribution in [0.2, 0.25) is 0 Å². The number of rotatable bonds is 4. The van der Waals surface area contributed by atoms with Gasteiger partial charge >= 0.3 is 0 Å². The van der Waals surface area contributed by atoms with Crippen LogP contribution in [0, 0.1) is 3.57 Å². The molecule has 0 spiro atoms. The highest BCUT2D eigenvalue weighted by molar-refractivity contribution is 14.1. The monoisotopic (exact) mass is 319 g/mol. The molecule has 15 heavy (non-hydrogen) atoms. The number of carbonyl (C=O) groups excluding carboxylic acids is 1. The molecule has 0 aliphatic heterocycles. The molecule has 4 heteroatoms. The van der Waals surface area contributed by atoms with Crippen molar-refractivity contribution in [2.24, 2.45) is 0 Å². The zero-order valence-electron chi connectivity index (χ0n) is 8.79. The third-order valence-electron chi connectivity index (χ3n) is 1.86. The number of amides is 1. The van der Waals surface area contributed by atoms with Crippen molar-refractivity contribution in [3.05, 3.63) is 27.8 Å². The standard InChI is InChI=1S/C11H14INO2/c1-3-13-11(14)8(2)15-10-7-5-4-6-9(10)12/h4-8H,3H2,1-2H3,(H,13,14). The minimum absolute atomic E-state index is 0.0860. The zero-order valence-corrected chi connectivity index (χ0v) is 10.9. The van der Waals surface area contributed by atoms with E-state index in [0.29, 0.717) is 6.54 Å². The number of para-hydroxylation sites is 1. The molecule has 82 valence electrons. The minimum atomic E-state index is -0.458. The third kappa shape index (κ3) is 3.70. The molecule has 0 aromatic heterocycles. The molecule has 1 aromatic carbocycles. The van der Waals surface area contributed by atoms with Crippen LogP contribution in [-0.2, 0) is 4.79 Å². The summed E-state index contributed by atoms with van der Waals surface area (Å²) in [5.74, 6) is 0.661. The maximum absolute atomic E-state index is 11.4. The fourth-order valence-electron chi connectivity index (χ4n) is 1.10. The van der Waals surface area contributed by atoms with Crippen molar-refractivity contribution >= 4 is 28.5 Å². The van der Waals surface area contributed by atoms with Gasteiger partial charge in [0.15, 0.2) is 6.10 Å². The molecule has 3 nitrogen and oxygen atoms in total. The van der Waals surface area contributed by atoms with Crippen LogP contribution in [0.5, 0.6) is 5.75 Å². The van der Waals surface area contributed by atoms with E-state index < -0.39 is 6.10 Å². The first kappa shape index (κ1) is 12.3. The molecule has 0 bridgehead atoms. The Hall–Kier alpha value is -0.780. The van der Waals surface area contributed by atoms with Gasteiger partial charge in [0, 0.05) is 6.54 Å². The molecule has 1 rings (SSSR count). The fraction of sp³-hybridized carbons (Fsp3) is 0.364. The molecular weight excluding hydrogens is 305 g/mol. The van der Waals surface area contributed by atoms with E-state index in [1.165, 1.54) is 0 Å². The van der Waals surface area contributed by atoms with Gasteiger partial charge in [0.05, 0.1) is 3.57 Å². The van der Waals surface area contributed by atoms with Gasteiger partial charge in [0.25, 0.3) is 5.91 Å². The Kier molecular flexibility index (Phi) is 4.87. The lowest BCUT2D eigenvalue weighted by atomic mass is 10.3. The molecule has 1 N–H and O–H groups in total. The van der Waals surface area contributed by atoms with Gasteiger partial charge in [-0.15, -0.1) is 0 Å². The van der Waals surface area contributed by atoms with E-state index in [1.54, 1.807) is 6.92 Å². The second-order valence-electron chi connectivity index (χ2n) is 3.09. The van der Waals surface area contributed by atoms with Crippen molar-refractivity contribution in [1.29, 1.82) is 0 Å². The van der Waals surface area contributed by atoms with E-state index in [2.05, 4.69) is 27.9 Å². The Morgan fingerprint density at radius 3 is 2.80 bits per heavy atom. The highest BCUT2D eigenvalue weighted by Gasteiger charge is 2.14.